The Hall–Kier alpha value is -0.836. The Labute approximate surface area is 120 Å². The van der Waals surface area contributed by atoms with Crippen molar-refractivity contribution in [2.75, 3.05) is 14.1 Å². The van der Waals surface area contributed by atoms with E-state index in [1.54, 1.807) is 53.4 Å². The molecule has 0 fully saturated rings. The first-order valence-corrected chi connectivity index (χ1v) is 13.1. The van der Waals surface area contributed by atoms with Gasteiger partial charge in [-0.3, -0.25) is 9.59 Å². The Balaban J connectivity index is 0. The summed E-state index contributed by atoms with van der Waals surface area (Å²) in [5, 5.41) is -1.60. The molecule has 0 saturated heterocycles. The Kier molecular flexibility index (Phi) is 7.78. The highest BCUT2D eigenvalue weighted by molar-refractivity contribution is 7.02. The molecule has 0 aromatic carbocycles. The lowest BCUT2D eigenvalue weighted by Crippen LogP contribution is -2.69. The standard InChI is InChI=1S/C8H18F3NOSi2.C3H7NO/c1-14(2,3)8(9,15(4,5)6)7(13)12(10)11;1-4(2)3-5/h1-6H3;3H,1-2H3. The van der Waals surface area contributed by atoms with Crippen LogP contribution in [-0.4, -0.2) is 57.7 Å². The molecule has 0 aliphatic rings. The number of hydrogen-bond acceptors (Lipinski definition) is 2. The molecule has 2 amide bonds. The van der Waals surface area contributed by atoms with Gasteiger partial charge in [-0.15, -0.1) is 0 Å². The molecule has 20 heavy (non-hydrogen) atoms. The molecule has 0 heterocycles. The molecule has 4 nitrogen and oxygen atoms in total. The molecular weight excluding hydrogens is 305 g/mol. The summed E-state index contributed by atoms with van der Waals surface area (Å²) >= 11 is 0. The molecule has 9 heteroatoms. The van der Waals surface area contributed by atoms with Crippen LogP contribution in [0.2, 0.25) is 39.3 Å². The Morgan fingerprint density at radius 3 is 1.30 bits per heavy atom. The van der Waals surface area contributed by atoms with E-state index >= 15 is 0 Å². The second-order valence-corrected chi connectivity index (χ2v) is 17.6. The van der Waals surface area contributed by atoms with Gasteiger partial charge in [0.15, 0.2) is 4.92 Å². The van der Waals surface area contributed by atoms with Gasteiger partial charge in [0.25, 0.3) is 0 Å². The van der Waals surface area contributed by atoms with Gasteiger partial charge in [-0.1, -0.05) is 48.2 Å². The lowest BCUT2D eigenvalue weighted by Gasteiger charge is -2.42. The molecule has 0 spiro atoms. The summed E-state index contributed by atoms with van der Waals surface area (Å²) in [6.45, 7) is 9.62. The molecule has 0 unspecified atom stereocenters. The Morgan fingerprint density at radius 1 is 1.00 bits per heavy atom. The highest BCUT2D eigenvalue weighted by atomic mass is 28.4. The normalized spacial score (nSPS) is 12.2. The Bertz CT molecular complexity index is 326. The van der Waals surface area contributed by atoms with E-state index in [1.165, 1.54) is 4.90 Å². The van der Waals surface area contributed by atoms with Gasteiger partial charge in [0.05, 0.1) is 16.1 Å². The maximum Gasteiger partial charge on any atom is 0.313 e. The number of carbonyl (C=O) groups excluding carboxylic acids is 2. The fourth-order valence-corrected chi connectivity index (χ4v) is 12.3. The number of amides is 2. The zero-order chi connectivity index (χ0) is 16.9. The molecule has 0 saturated carbocycles. The fourth-order valence-electron chi connectivity index (χ4n) is 1.88. The number of nitrogens with zero attached hydrogens (tertiary/aromatic N) is 2. The number of hydrogen-bond donors (Lipinski definition) is 0. The molecule has 0 bridgehead atoms. The lowest BCUT2D eigenvalue weighted by molar-refractivity contribution is -0.192. The van der Waals surface area contributed by atoms with Crippen LogP contribution in [0.3, 0.4) is 0 Å². The zero-order valence-corrected chi connectivity index (χ0v) is 15.4. The van der Waals surface area contributed by atoms with Gasteiger partial charge < -0.3 is 4.90 Å². The zero-order valence-electron chi connectivity index (χ0n) is 13.4. The quantitative estimate of drug-likeness (QED) is 0.452. The van der Waals surface area contributed by atoms with Gasteiger partial charge in [-0.25, -0.2) is 4.39 Å². The van der Waals surface area contributed by atoms with E-state index < -0.39 is 32.3 Å². The summed E-state index contributed by atoms with van der Waals surface area (Å²) in [5.41, 5.74) is 0. The van der Waals surface area contributed by atoms with Crippen molar-refractivity contribution in [3.05, 3.63) is 0 Å². The van der Waals surface area contributed by atoms with Crippen molar-refractivity contribution in [2.24, 2.45) is 0 Å². The van der Waals surface area contributed by atoms with Crippen LogP contribution in [0.25, 0.3) is 0 Å². The minimum absolute atomic E-state index is 0.750. The van der Waals surface area contributed by atoms with Crippen LogP contribution in [0.5, 0.6) is 0 Å². The Morgan fingerprint density at radius 2 is 1.25 bits per heavy atom. The average molecular weight is 330 g/mol. The summed E-state index contributed by atoms with van der Waals surface area (Å²) in [4.78, 5) is 19.9. The van der Waals surface area contributed by atoms with Gasteiger partial charge in [0.1, 0.15) is 0 Å². The first-order chi connectivity index (χ1) is 8.62. The molecule has 0 N–H and O–H groups in total. The van der Waals surface area contributed by atoms with Crippen molar-refractivity contribution in [3.63, 3.8) is 0 Å². The van der Waals surface area contributed by atoms with Gasteiger partial charge in [0.2, 0.25) is 6.41 Å². The van der Waals surface area contributed by atoms with Crippen molar-refractivity contribution >= 4 is 28.5 Å². The predicted molar refractivity (Wildman–Crippen MR) is 79.3 cm³/mol. The van der Waals surface area contributed by atoms with Gasteiger partial charge in [-0.05, 0) is 5.34 Å². The van der Waals surface area contributed by atoms with Crippen LogP contribution >= 0.6 is 0 Å². The first kappa shape index (κ1) is 21.5. The highest BCUT2D eigenvalue weighted by Gasteiger charge is 2.61. The lowest BCUT2D eigenvalue weighted by atomic mass is 10.7. The largest absolute Gasteiger partial charge is 0.351 e. The smallest absolute Gasteiger partial charge is 0.313 e. The third-order valence-electron chi connectivity index (χ3n) is 2.73. The van der Waals surface area contributed by atoms with Gasteiger partial charge >= 0.3 is 5.91 Å². The second kappa shape index (κ2) is 7.25. The van der Waals surface area contributed by atoms with E-state index in [4.69, 9.17) is 0 Å². The van der Waals surface area contributed by atoms with E-state index in [1.807, 2.05) is 0 Å². The minimum atomic E-state index is -2.65. The first-order valence-electron chi connectivity index (χ1n) is 6.09. The van der Waals surface area contributed by atoms with Crippen molar-refractivity contribution in [2.45, 2.75) is 44.2 Å². The number of carbonyl (C=O) groups is 2. The number of rotatable bonds is 4. The molecule has 0 aromatic rings. The number of halogens is 3. The SMILES string of the molecule is CN(C)C=O.C[Si](C)(C)C(F)(C(=O)N(F)F)[Si](C)(C)C. The fraction of sp³-hybridized carbons (Fsp3) is 0.818. The maximum atomic E-state index is 14.7. The molecular formula is C11H25F3N2O2Si2. The molecule has 0 aromatic heterocycles. The topological polar surface area (TPSA) is 40.6 Å². The summed E-state index contributed by atoms with van der Waals surface area (Å²) < 4.78 is 39.2. The van der Waals surface area contributed by atoms with Crippen LogP contribution in [0, 0.1) is 0 Å². The van der Waals surface area contributed by atoms with Crippen molar-refractivity contribution < 1.29 is 22.9 Å². The van der Waals surface area contributed by atoms with Crippen molar-refractivity contribution in [1.29, 1.82) is 0 Å². The summed E-state index contributed by atoms with van der Waals surface area (Å²) in [7, 11) is -1.92. The minimum Gasteiger partial charge on any atom is -0.351 e. The molecule has 0 radical (unpaired) electrons. The van der Waals surface area contributed by atoms with E-state index in [-0.39, 0.29) is 0 Å². The van der Waals surface area contributed by atoms with Crippen molar-refractivity contribution in [1.82, 2.24) is 10.2 Å². The molecule has 0 rings (SSSR count). The van der Waals surface area contributed by atoms with Crippen molar-refractivity contribution in [3.8, 4) is 0 Å². The predicted octanol–water partition coefficient (Wildman–Crippen LogP) is 2.75. The third kappa shape index (κ3) is 5.27. The monoisotopic (exact) mass is 330 g/mol. The number of alkyl halides is 1. The molecule has 120 valence electrons. The summed E-state index contributed by atoms with van der Waals surface area (Å²) in [5.74, 6) is -1.67. The van der Waals surface area contributed by atoms with Gasteiger partial charge in [0, 0.05) is 14.1 Å². The van der Waals surface area contributed by atoms with E-state index in [2.05, 4.69) is 0 Å². The van der Waals surface area contributed by atoms with Gasteiger partial charge in [-0.2, -0.15) is 0 Å². The van der Waals surface area contributed by atoms with E-state index in [0.29, 0.717) is 0 Å². The molecule has 0 atom stereocenters. The summed E-state index contributed by atoms with van der Waals surface area (Å²) in [6.07, 6.45) is 0.750. The van der Waals surface area contributed by atoms with Crippen LogP contribution < -0.4 is 0 Å². The second-order valence-electron chi connectivity index (χ2n) is 6.77. The van der Waals surface area contributed by atoms with Crippen LogP contribution in [0.15, 0.2) is 0 Å². The van der Waals surface area contributed by atoms with Crippen LogP contribution in [-0.2, 0) is 9.59 Å². The average Bonchev–Trinajstić information content (AvgIpc) is 2.24. The summed E-state index contributed by atoms with van der Waals surface area (Å²) in [6, 6.07) is 0. The molecule has 0 aliphatic carbocycles. The highest BCUT2D eigenvalue weighted by Crippen LogP contribution is 2.36. The van der Waals surface area contributed by atoms with Crippen LogP contribution in [0.4, 0.5) is 13.4 Å². The van der Waals surface area contributed by atoms with E-state index in [0.717, 1.165) is 6.41 Å². The third-order valence-corrected chi connectivity index (χ3v) is 11.8. The van der Waals surface area contributed by atoms with E-state index in [9.17, 15) is 22.9 Å². The van der Waals surface area contributed by atoms with Crippen LogP contribution in [0.1, 0.15) is 0 Å². The maximum absolute atomic E-state index is 14.7. The molecule has 0 aliphatic heterocycles.